The third-order valence-corrected chi connectivity index (χ3v) is 3.35. The Morgan fingerprint density at radius 2 is 2.17 bits per heavy atom. The molecule has 100 valence electrons. The molecule has 0 aliphatic carbocycles. The number of aliphatic hydroxyl groups excluding tert-OH is 1. The highest BCUT2D eigenvalue weighted by Crippen LogP contribution is 2.19. The molecule has 1 unspecified atom stereocenters. The number of carbonyl (C=O) groups excluding carboxylic acids is 1. The largest absolute Gasteiger partial charge is 0.393 e. The maximum Gasteiger partial charge on any atom is 0.255 e. The van der Waals surface area contributed by atoms with Crippen LogP contribution in [0.5, 0.6) is 0 Å². The van der Waals surface area contributed by atoms with E-state index < -0.39 is 17.8 Å². The Balaban J connectivity index is 2.56. The van der Waals surface area contributed by atoms with E-state index in [0.29, 0.717) is 17.4 Å². The molecular weight excluding hydrogens is 301 g/mol. The number of amides is 1. The first-order chi connectivity index (χ1) is 8.43. The van der Waals surface area contributed by atoms with Gasteiger partial charge in [0.2, 0.25) is 0 Å². The van der Waals surface area contributed by atoms with Gasteiger partial charge >= 0.3 is 0 Å². The zero-order valence-corrected chi connectivity index (χ0v) is 12.0. The van der Waals surface area contributed by atoms with Crippen molar-refractivity contribution in [1.82, 2.24) is 5.32 Å². The lowest BCUT2D eigenvalue weighted by atomic mass is 10.0. The molecule has 0 aliphatic heterocycles. The van der Waals surface area contributed by atoms with Crippen molar-refractivity contribution in [2.24, 2.45) is 5.92 Å². The lowest BCUT2D eigenvalue weighted by Crippen LogP contribution is -2.29. The number of rotatable bonds is 5. The summed E-state index contributed by atoms with van der Waals surface area (Å²) in [6, 6.07) is 4.38. The Hall–Kier alpha value is -0.940. The molecule has 18 heavy (non-hydrogen) atoms. The van der Waals surface area contributed by atoms with Crippen LogP contribution in [0.4, 0.5) is 4.39 Å². The van der Waals surface area contributed by atoms with Crippen LogP contribution >= 0.6 is 15.9 Å². The fourth-order valence-electron chi connectivity index (χ4n) is 1.47. The highest BCUT2D eigenvalue weighted by Gasteiger charge is 2.15. The zero-order valence-electron chi connectivity index (χ0n) is 10.4. The van der Waals surface area contributed by atoms with Crippen LogP contribution in [-0.2, 0) is 0 Å². The van der Waals surface area contributed by atoms with Gasteiger partial charge in [0.05, 0.1) is 11.7 Å². The lowest BCUT2D eigenvalue weighted by Gasteiger charge is -2.14. The maximum absolute atomic E-state index is 13.5. The van der Waals surface area contributed by atoms with E-state index in [0.717, 1.165) is 0 Å². The number of halogens is 2. The van der Waals surface area contributed by atoms with Gasteiger partial charge in [-0.05, 0) is 40.4 Å². The molecule has 0 saturated heterocycles. The van der Waals surface area contributed by atoms with E-state index in [4.69, 9.17) is 0 Å². The Kier molecular flexibility index (Phi) is 5.75. The second-order valence-corrected chi connectivity index (χ2v) is 5.31. The van der Waals surface area contributed by atoms with Crippen LogP contribution in [0.1, 0.15) is 30.6 Å². The highest BCUT2D eigenvalue weighted by molar-refractivity contribution is 9.10. The van der Waals surface area contributed by atoms with Crippen molar-refractivity contribution < 1.29 is 14.3 Å². The first kappa shape index (κ1) is 15.1. The van der Waals surface area contributed by atoms with Gasteiger partial charge in [-0.3, -0.25) is 4.79 Å². The quantitative estimate of drug-likeness (QED) is 0.877. The Morgan fingerprint density at radius 1 is 1.50 bits per heavy atom. The number of aliphatic hydroxyl groups is 1. The second kappa shape index (κ2) is 6.85. The van der Waals surface area contributed by atoms with Gasteiger partial charge in [0.25, 0.3) is 5.91 Å². The number of hydrogen-bond acceptors (Lipinski definition) is 2. The van der Waals surface area contributed by atoms with E-state index in [1.165, 1.54) is 12.1 Å². The number of carbonyl (C=O) groups is 1. The number of nitrogens with one attached hydrogen (secondary N) is 1. The van der Waals surface area contributed by atoms with E-state index in [-0.39, 0.29) is 11.5 Å². The van der Waals surface area contributed by atoms with Crippen molar-refractivity contribution >= 4 is 21.8 Å². The predicted molar refractivity (Wildman–Crippen MR) is 71.9 cm³/mol. The average molecular weight is 318 g/mol. The maximum atomic E-state index is 13.5. The molecule has 0 aromatic heterocycles. The van der Waals surface area contributed by atoms with Gasteiger partial charge in [0.1, 0.15) is 5.82 Å². The lowest BCUT2D eigenvalue weighted by molar-refractivity contribution is 0.0916. The summed E-state index contributed by atoms with van der Waals surface area (Å²) in [6.07, 6.45) is -0.00971. The van der Waals surface area contributed by atoms with Crippen molar-refractivity contribution in [2.75, 3.05) is 6.54 Å². The molecule has 1 rings (SSSR count). The van der Waals surface area contributed by atoms with Crippen molar-refractivity contribution in [2.45, 2.75) is 26.4 Å². The van der Waals surface area contributed by atoms with Crippen molar-refractivity contribution in [3.63, 3.8) is 0 Å². The molecule has 5 heteroatoms. The predicted octanol–water partition coefficient (Wildman–Crippen LogP) is 2.73. The molecule has 0 fully saturated rings. The molecule has 0 saturated carbocycles. The summed E-state index contributed by atoms with van der Waals surface area (Å²) in [6.45, 7) is 4.12. The summed E-state index contributed by atoms with van der Waals surface area (Å²) in [5, 5.41) is 12.2. The van der Waals surface area contributed by atoms with E-state index in [9.17, 15) is 14.3 Å². The van der Waals surface area contributed by atoms with Crippen molar-refractivity contribution in [3.05, 3.63) is 34.1 Å². The van der Waals surface area contributed by atoms with Gasteiger partial charge in [0.15, 0.2) is 0 Å². The van der Waals surface area contributed by atoms with Gasteiger partial charge < -0.3 is 10.4 Å². The Bertz CT molecular complexity index is 403. The molecule has 0 aliphatic rings. The Morgan fingerprint density at radius 3 is 2.72 bits per heavy atom. The van der Waals surface area contributed by atoms with Crippen LogP contribution in [0, 0.1) is 11.7 Å². The summed E-state index contributed by atoms with van der Waals surface area (Å²) in [4.78, 5) is 11.8. The van der Waals surface area contributed by atoms with E-state index in [1.54, 1.807) is 6.07 Å². The molecule has 2 N–H and O–H groups in total. The van der Waals surface area contributed by atoms with Crippen LogP contribution in [0.2, 0.25) is 0 Å². The molecule has 1 atom stereocenters. The van der Waals surface area contributed by atoms with Crippen LogP contribution in [0.25, 0.3) is 0 Å². The van der Waals surface area contributed by atoms with Crippen LogP contribution < -0.4 is 5.32 Å². The summed E-state index contributed by atoms with van der Waals surface area (Å²) in [7, 11) is 0. The van der Waals surface area contributed by atoms with Gasteiger partial charge in [0, 0.05) is 11.0 Å². The third-order valence-electron chi connectivity index (χ3n) is 2.69. The molecule has 0 heterocycles. The van der Waals surface area contributed by atoms with Gasteiger partial charge in [-0.15, -0.1) is 0 Å². The standard InChI is InChI=1S/C13H17BrFNO2/c1-8(2)11(17)6-7-16-13(18)12-9(14)4-3-5-10(12)15/h3-5,8,11,17H,6-7H2,1-2H3,(H,16,18). The number of hydrogen-bond donors (Lipinski definition) is 2. The topological polar surface area (TPSA) is 49.3 Å². The molecule has 0 spiro atoms. The first-order valence-electron chi connectivity index (χ1n) is 5.83. The Labute approximate surface area is 115 Å². The van der Waals surface area contributed by atoms with Gasteiger partial charge in [-0.1, -0.05) is 19.9 Å². The first-order valence-corrected chi connectivity index (χ1v) is 6.63. The number of benzene rings is 1. The van der Waals surface area contributed by atoms with E-state index in [1.807, 2.05) is 13.8 Å². The molecule has 1 aromatic carbocycles. The molecule has 1 aromatic rings. The molecule has 3 nitrogen and oxygen atoms in total. The molecule has 0 bridgehead atoms. The SMILES string of the molecule is CC(C)C(O)CCNC(=O)c1c(F)cccc1Br. The molecule has 0 radical (unpaired) electrons. The average Bonchev–Trinajstić information content (AvgIpc) is 2.28. The zero-order chi connectivity index (χ0) is 13.7. The third kappa shape index (κ3) is 4.07. The van der Waals surface area contributed by atoms with Crippen LogP contribution in [0.3, 0.4) is 0 Å². The van der Waals surface area contributed by atoms with Gasteiger partial charge in [-0.25, -0.2) is 4.39 Å². The highest BCUT2D eigenvalue weighted by atomic mass is 79.9. The smallest absolute Gasteiger partial charge is 0.255 e. The van der Waals surface area contributed by atoms with E-state index >= 15 is 0 Å². The minimum absolute atomic E-state index is 0.00321. The fourth-order valence-corrected chi connectivity index (χ4v) is 1.99. The van der Waals surface area contributed by atoms with Gasteiger partial charge in [-0.2, -0.15) is 0 Å². The van der Waals surface area contributed by atoms with Crippen molar-refractivity contribution in [3.8, 4) is 0 Å². The summed E-state index contributed by atoms with van der Waals surface area (Å²) >= 11 is 3.14. The normalized spacial score (nSPS) is 12.6. The summed E-state index contributed by atoms with van der Waals surface area (Å²) in [5.74, 6) is -0.899. The molecule has 1 amide bonds. The fraction of sp³-hybridized carbons (Fsp3) is 0.462. The summed E-state index contributed by atoms with van der Waals surface area (Å²) < 4.78 is 13.9. The van der Waals surface area contributed by atoms with Crippen LogP contribution in [-0.4, -0.2) is 23.7 Å². The minimum Gasteiger partial charge on any atom is -0.393 e. The monoisotopic (exact) mass is 317 g/mol. The van der Waals surface area contributed by atoms with E-state index in [2.05, 4.69) is 21.2 Å². The second-order valence-electron chi connectivity index (χ2n) is 4.45. The minimum atomic E-state index is -0.564. The summed E-state index contributed by atoms with van der Waals surface area (Å²) in [5.41, 5.74) is -0.00321. The molecular formula is C13H17BrFNO2. The van der Waals surface area contributed by atoms with Crippen molar-refractivity contribution in [1.29, 1.82) is 0 Å². The van der Waals surface area contributed by atoms with Crippen LogP contribution in [0.15, 0.2) is 22.7 Å².